The van der Waals surface area contributed by atoms with Crippen LogP contribution in [0.4, 0.5) is 0 Å². The Morgan fingerprint density at radius 1 is 1.17 bits per heavy atom. The molecule has 6 nitrogen and oxygen atoms in total. The Kier molecular flexibility index (Phi) is 5.81. The van der Waals surface area contributed by atoms with Crippen LogP contribution in [-0.4, -0.2) is 27.6 Å². The number of hydrogen-bond donors (Lipinski definition) is 0. The van der Waals surface area contributed by atoms with Crippen LogP contribution >= 0.6 is 15.9 Å². The van der Waals surface area contributed by atoms with Gasteiger partial charge in [-0.25, -0.2) is 4.98 Å². The fourth-order valence-electron chi connectivity index (χ4n) is 3.29. The molecular formula is C23H21BrN4O2. The predicted molar refractivity (Wildman–Crippen MR) is 123 cm³/mol. The van der Waals surface area contributed by atoms with Gasteiger partial charge in [-0.15, -0.1) is 0 Å². The molecule has 0 radical (unpaired) electrons. The fraction of sp³-hybridized carbons (Fsp3) is 0.174. The van der Waals surface area contributed by atoms with Gasteiger partial charge in [0.25, 0.3) is 5.56 Å². The number of nitrogens with zero attached hydrogens (tertiary/aromatic N) is 4. The van der Waals surface area contributed by atoms with Gasteiger partial charge in [0.05, 0.1) is 29.9 Å². The smallest absolute Gasteiger partial charge is 0.282 e. The molecular weight excluding hydrogens is 444 g/mol. The van der Waals surface area contributed by atoms with E-state index >= 15 is 0 Å². The largest absolute Gasteiger partial charge is 0.497 e. The molecule has 2 aromatic heterocycles. The number of rotatable bonds is 6. The molecule has 7 heteroatoms. The van der Waals surface area contributed by atoms with Crippen LogP contribution in [0.2, 0.25) is 0 Å². The van der Waals surface area contributed by atoms with Crippen LogP contribution in [0, 0.1) is 0 Å². The van der Waals surface area contributed by atoms with Crippen molar-refractivity contribution in [3.05, 3.63) is 87.1 Å². The van der Waals surface area contributed by atoms with Crippen molar-refractivity contribution >= 4 is 33.0 Å². The summed E-state index contributed by atoms with van der Waals surface area (Å²) in [5.74, 6) is 1.45. The SMILES string of the molecule is CCCc1nc2ccc(Br)cc2c(=O)n1N=Cc1cccn1-c1ccc(OC)cc1. The van der Waals surface area contributed by atoms with E-state index in [9.17, 15) is 4.79 Å². The van der Waals surface area contributed by atoms with E-state index in [4.69, 9.17) is 4.74 Å². The summed E-state index contributed by atoms with van der Waals surface area (Å²) in [7, 11) is 1.64. The molecule has 0 atom stereocenters. The zero-order valence-corrected chi connectivity index (χ0v) is 18.3. The second kappa shape index (κ2) is 8.67. The molecule has 0 saturated heterocycles. The lowest BCUT2D eigenvalue weighted by Crippen LogP contribution is -2.22. The number of aryl methyl sites for hydroxylation is 1. The standard InChI is InChI=1S/C23H21BrN4O2/c1-3-5-22-26-21-12-7-16(24)14-20(21)23(29)28(22)25-15-18-6-4-13-27(18)17-8-10-19(30-2)11-9-17/h4,6-15H,3,5H2,1-2H3. The Morgan fingerprint density at radius 2 is 1.97 bits per heavy atom. The van der Waals surface area contributed by atoms with Crippen LogP contribution in [0.1, 0.15) is 24.9 Å². The monoisotopic (exact) mass is 464 g/mol. The summed E-state index contributed by atoms with van der Waals surface area (Å²) >= 11 is 3.43. The molecule has 4 rings (SSSR count). The van der Waals surface area contributed by atoms with Gasteiger partial charge in [-0.3, -0.25) is 4.79 Å². The third-order valence-electron chi connectivity index (χ3n) is 4.79. The summed E-state index contributed by atoms with van der Waals surface area (Å²) in [6.45, 7) is 2.06. The number of benzene rings is 2. The topological polar surface area (TPSA) is 61.4 Å². The highest BCUT2D eigenvalue weighted by Crippen LogP contribution is 2.18. The predicted octanol–water partition coefficient (Wildman–Crippen LogP) is 4.79. The molecule has 0 fully saturated rings. The average Bonchev–Trinajstić information content (AvgIpc) is 3.23. The summed E-state index contributed by atoms with van der Waals surface area (Å²) in [4.78, 5) is 17.8. The Morgan fingerprint density at radius 3 is 2.70 bits per heavy atom. The van der Waals surface area contributed by atoms with Gasteiger partial charge in [0.2, 0.25) is 0 Å². The van der Waals surface area contributed by atoms with Gasteiger partial charge >= 0.3 is 0 Å². The van der Waals surface area contributed by atoms with Crippen molar-refractivity contribution in [2.45, 2.75) is 19.8 Å². The van der Waals surface area contributed by atoms with Crippen molar-refractivity contribution in [2.75, 3.05) is 7.11 Å². The van der Waals surface area contributed by atoms with Crippen LogP contribution in [-0.2, 0) is 6.42 Å². The van der Waals surface area contributed by atoms with Crippen molar-refractivity contribution in [2.24, 2.45) is 5.10 Å². The number of fused-ring (bicyclic) bond motifs is 1. The molecule has 0 amide bonds. The lowest BCUT2D eigenvalue weighted by molar-refractivity contribution is 0.415. The van der Waals surface area contributed by atoms with E-state index < -0.39 is 0 Å². The van der Waals surface area contributed by atoms with E-state index in [0.717, 1.165) is 28.0 Å². The van der Waals surface area contributed by atoms with E-state index in [1.807, 2.05) is 59.3 Å². The summed E-state index contributed by atoms with van der Waals surface area (Å²) < 4.78 is 9.47. The summed E-state index contributed by atoms with van der Waals surface area (Å²) in [6, 6.07) is 17.2. The van der Waals surface area contributed by atoms with Crippen LogP contribution in [0.3, 0.4) is 0 Å². The highest BCUT2D eigenvalue weighted by atomic mass is 79.9. The van der Waals surface area contributed by atoms with E-state index in [2.05, 4.69) is 32.9 Å². The Hall–Kier alpha value is -3.19. The van der Waals surface area contributed by atoms with Crippen LogP contribution in [0.5, 0.6) is 5.75 Å². The van der Waals surface area contributed by atoms with Crippen molar-refractivity contribution < 1.29 is 4.74 Å². The van der Waals surface area contributed by atoms with Crippen LogP contribution in [0.15, 0.2) is 75.2 Å². The molecule has 0 aliphatic heterocycles. The fourth-order valence-corrected chi connectivity index (χ4v) is 3.65. The molecule has 0 spiro atoms. The van der Waals surface area contributed by atoms with E-state index in [1.165, 1.54) is 4.68 Å². The van der Waals surface area contributed by atoms with Crippen molar-refractivity contribution in [1.29, 1.82) is 0 Å². The van der Waals surface area contributed by atoms with Gasteiger partial charge < -0.3 is 9.30 Å². The van der Waals surface area contributed by atoms with E-state index in [-0.39, 0.29) is 5.56 Å². The highest BCUT2D eigenvalue weighted by molar-refractivity contribution is 9.10. The maximum atomic E-state index is 13.1. The molecule has 0 saturated carbocycles. The molecule has 2 aromatic carbocycles. The third kappa shape index (κ3) is 3.93. The molecule has 0 aliphatic rings. The van der Waals surface area contributed by atoms with E-state index in [1.54, 1.807) is 19.4 Å². The molecule has 0 bridgehead atoms. The molecule has 30 heavy (non-hydrogen) atoms. The number of hydrogen-bond acceptors (Lipinski definition) is 4. The highest BCUT2D eigenvalue weighted by Gasteiger charge is 2.11. The van der Waals surface area contributed by atoms with Crippen molar-refractivity contribution in [3.63, 3.8) is 0 Å². The summed E-state index contributed by atoms with van der Waals surface area (Å²) in [5, 5.41) is 5.06. The lowest BCUT2D eigenvalue weighted by Gasteiger charge is -2.10. The first kappa shape index (κ1) is 20.1. The number of ether oxygens (including phenoxy) is 1. The zero-order valence-electron chi connectivity index (χ0n) is 16.7. The van der Waals surface area contributed by atoms with Gasteiger partial charge in [-0.2, -0.15) is 9.78 Å². The van der Waals surface area contributed by atoms with Gasteiger partial charge in [-0.05, 0) is 61.0 Å². The van der Waals surface area contributed by atoms with Gasteiger partial charge in [0.15, 0.2) is 0 Å². The Balaban J connectivity index is 1.77. The van der Waals surface area contributed by atoms with Crippen LogP contribution < -0.4 is 10.3 Å². The van der Waals surface area contributed by atoms with Crippen molar-refractivity contribution in [3.8, 4) is 11.4 Å². The third-order valence-corrected chi connectivity index (χ3v) is 5.28. The quantitative estimate of drug-likeness (QED) is 0.385. The normalized spacial score (nSPS) is 11.4. The summed E-state index contributed by atoms with van der Waals surface area (Å²) in [5.41, 5.74) is 2.33. The van der Waals surface area contributed by atoms with Gasteiger partial charge in [0.1, 0.15) is 11.6 Å². The molecule has 0 aliphatic carbocycles. The number of aromatic nitrogens is 3. The maximum absolute atomic E-state index is 13.1. The molecule has 152 valence electrons. The van der Waals surface area contributed by atoms with Crippen molar-refractivity contribution in [1.82, 2.24) is 14.2 Å². The number of methoxy groups -OCH3 is 1. The second-order valence-corrected chi connectivity index (χ2v) is 7.72. The minimum Gasteiger partial charge on any atom is -0.497 e. The Bertz CT molecular complexity index is 1270. The van der Waals surface area contributed by atoms with Crippen LogP contribution in [0.25, 0.3) is 16.6 Å². The summed E-state index contributed by atoms with van der Waals surface area (Å²) in [6.07, 6.45) is 5.18. The molecule has 0 N–H and O–H groups in total. The molecule has 0 unspecified atom stereocenters. The Labute approximate surface area is 182 Å². The molecule has 2 heterocycles. The lowest BCUT2D eigenvalue weighted by atomic mass is 10.2. The van der Waals surface area contributed by atoms with E-state index in [0.29, 0.717) is 23.1 Å². The minimum atomic E-state index is -0.177. The first-order valence-electron chi connectivity index (χ1n) is 9.68. The first-order chi connectivity index (χ1) is 14.6. The zero-order chi connectivity index (χ0) is 21.1. The maximum Gasteiger partial charge on any atom is 0.282 e. The minimum absolute atomic E-state index is 0.177. The van der Waals surface area contributed by atoms with Gasteiger partial charge in [-0.1, -0.05) is 22.9 Å². The van der Waals surface area contributed by atoms with Gasteiger partial charge in [0, 0.05) is 22.8 Å². The molecule has 4 aromatic rings. The number of halogens is 1. The second-order valence-electron chi connectivity index (χ2n) is 6.80. The first-order valence-corrected chi connectivity index (χ1v) is 10.5. The average molecular weight is 465 g/mol.